The minimum Gasteiger partial charge on any atom is -0.468 e. The van der Waals surface area contributed by atoms with Crippen LogP contribution in [-0.4, -0.2) is 43.9 Å². The van der Waals surface area contributed by atoms with Crippen molar-refractivity contribution >= 4 is 18.1 Å². The molecule has 184 valence electrons. The van der Waals surface area contributed by atoms with Crippen molar-refractivity contribution in [2.24, 2.45) is 0 Å². The van der Waals surface area contributed by atoms with Crippen molar-refractivity contribution in [2.75, 3.05) is 20.2 Å². The maximum absolute atomic E-state index is 12.1. The number of carbonyl (C=O) groups is 2. The van der Waals surface area contributed by atoms with Crippen LogP contribution in [0.3, 0.4) is 0 Å². The van der Waals surface area contributed by atoms with Crippen LogP contribution in [0.1, 0.15) is 45.6 Å². The predicted octanol–water partition coefficient (Wildman–Crippen LogP) is 5.32. The van der Waals surface area contributed by atoms with Crippen molar-refractivity contribution < 1.29 is 23.8 Å². The second kappa shape index (κ2) is 14.1. The van der Waals surface area contributed by atoms with E-state index in [1.807, 2.05) is 87.5 Å². The van der Waals surface area contributed by atoms with E-state index in [1.54, 1.807) is 0 Å². The largest absolute Gasteiger partial charge is 0.468 e. The molecule has 0 saturated heterocycles. The zero-order valence-electron chi connectivity index (χ0n) is 20.5. The molecule has 0 saturated carbocycles. The van der Waals surface area contributed by atoms with Crippen molar-refractivity contribution in [3.63, 3.8) is 0 Å². The molecule has 2 rings (SSSR count). The smallest absolute Gasteiger partial charge is 0.407 e. The predicted molar refractivity (Wildman–Crippen MR) is 134 cm³/mol. The molecule has 0 aliphatic rings. The number of ether oxygens (including phenoxy) is 3. The first-order valence-corrected chi connectivity index (χ1v) is 11.5. The van der Waals surface area contributed by atoms with Gasteiger partial charge >= 0.3 is 12.1 Å². The normalized spacial score (nSPS) is 12.2. The number of alkyl carbamates (subject to hydrolysis) is 1. The molecule has 0 aromatic heterocycles. The lowest BCUT2D eigenvalue weighted by molar-refractivity contribution is -0.143. The number of para-hydroxylation sites is 1. The van der Waals surface area contributed by atoms with Crippen LogP contribution in [0.4, 0.5) is 4.79 Å². The second-order valence-electron chi connectivity index (χ2n) is 8.80. The van der Waals surface area contributed by atoms with E-state index in [2.05, 4.69) is 10.6 Å². The van der Waals surface area contributed by atoms with Gasteiger partial charge in [0.05, 0.1) is 7.11 Å². The molecule has 0 aliphatic heterocycles. The van der Waals surface area contributed by atoms with E-state index < -0.39 is 17.7 Å². The van der Waals surface area contributed by atoms with E-state index in [0.717, 1.165) is 29.9 Å². The Hall–Kier alpha value is -3.32. The Kier molecular flexibility index (Phi) is 11.1. The first-order valence-electron chi connectivity index (χ1n) is 11.5. The van der Waals surface area contributed by atoms with Crippen molar-refractivity contribution in [1.29, 1.82) is 0 Å². The average molecular weight is 469 g/mol. The molecule has 0 heterocycles. The molecule has 0 aliphatic carbocycles. The van der Waals surface area contributed by atoms with Gasteiger partial charge in [0.1, 0.15) is 23.1 Å². The van der Waals surface area contributed by atoms with E-state index in [4.69, 9.17) is 14.2 Å². The standard InChI is InChI=1S/C27H36N2O5/c1-27(2,3)34-26(31)29-18-9-8-17-24(25(30)32-4)28-19-11-13-21-12-10-16-23(20-21)33-22-14-6-5-7-15-22/h5-7,10-16,20,24,28H,8-9,17-19H2,1-4H3,(H,29,31)/b13-11+/t24-/m0/s1. The quantitative estimate of drug-likeness (QED) is 0.324. The number of hydrogen-bond donors (Lipinski definition) is 2. The van der Waals surface area contributed by atoms with E-state index in [-0.39, 0.29) is 5.97 Å². The lowest BCUT2D eigenvalue weighted by Gasteiger charge is -2.19. The van der Waals surface area contributed by atoms with Gasteiger partial charge in [0, 0.05) is 13.1 Å². The summed E-state index contributed by atoms with van der Waals surface area (Å²) in [6.07, 6.45) is 5.60. The third-order valence-electron chi connectivity index (χ3n) is 4.70. The van der Waals surface area contributed by atoms with Gasteiger partial charge in [0.2, 0.25) is 0 Å². The first kappa shape index (κ1) is 26.9. The maximum Gasteiger partial charge on any atom is 0.407 e. The number of nitrogens with one attached hydrogen (secondary N) is 2. The van der Waals surface area contributed by atoms with Crippen molar-refractivity contribution in [1.82, 2.24) is 10.6 Å². The summed E-state index contributed by atoms with van der Waals surface area (Å²) in [6, 6.07) is 17.0. The minimum atomic E-state index is -0.520. The molecule has 2 aromatic rings. The summed E-state index contributed by atoms with van der Waals surface area (Å²) in [7, 11) is 1.38. The van der Waals surface area contributed by atoms with Gasteiger partial charge in [-0.2, -0.15) is 0 Å². The number of hydrogen-bond acceptors (Lipinski definition) is 6. The number of benzene rings is 2. The van der Waals surface area contributed by atoms with Gasteiger partial charge in [-0.25, -0.2) is 4.79 Å². The third-order valence-corrected chi connectivity index (χ3v) is 4.70. The summed E-state index contributed by atoms with van der Waals surface area (Å²) >= 11 is 0. The number of unbranched alkanes of at least 4 members (excludes halogenated alkanes) is 1. The van der Waals surface area contributed by atoms with Gasteiger partial charge in [-0.15, -0.1) is 0 Å². The summed E-state index contributed by atoms with van der Waals surface area (Å²) in [5.41, 5.74) is 0.478. The fraction of sp³-hybridized carbons (Fsp3) is 0.407. The van der Waals surface area contributed by atoms with E-state index in [0.29, 0.717) is 19.5 Å². The Balaban J connectivity index is 1.76. The van der Waals surface area contributed by atoms with Crippen molar-refractivity contribution in [3.05, 3.63) is 66.2 Å². The van der Waals surface area contributed by atoms with E-state index in [9.17, 15) is 9.59 Å². The zero-order valence-corrected chi connectivity index (χ0v) is 20.5. The molecule has 2 N–H and O–H groups in total. The van der Waals surface area contributed by atoms with Crippen LogP contribution < -0.4 is 15.4 Å². The molecule has 1 amide bonds. The van der Waals surface area contributed by atoms with Gasteiger partial charge in [0.25, 0.3) is 0 Å². The third kappa shape index (κ3) is 11.0. The topological polar surface area (TPSA) is 85.9 Å². The fourth-order valence-corrected chi connectivity index (χ4v) is 3.14. The molecule has 7 heteroatoms. The molecule has 7 nitrogen and oxygen atoms in total. The molecule has 0 fully saturated rings. The van der Waals surface area contributed by atoms with Crippen LogP contribution in [0.5, 0.6) is 11.5 Å². The van der Waals surface area contributed by atoms with Crippen LogP contribution in [0.15, 0.2) is 60.7 Å². The number of esters is 1. The number of amides is 1. The summed E-state index contributed by atoms with van der Waals surface area (Å²) in [4.78, 5) is 23.8. The molecule has 1 atom stereocenters. The average Bonchev–Trinajstić information content (AvgIpc) is 2.79. The second-order valence-corrected chi connectivity index (χ2v) is 8.80. The van der Waals surface area contributed by atoms with Crippen LogP contribution in [0, 0.1) is 0 Å². The SMILES string of the molecule is COC(=O)[C@H](CCCCNC(=O)OC(C)(C)C)NC/C=C/c1cccc(Oc2ccccc2)c1. The zero-order chi connectivity index (χ0) is 24.8. The maximum atomic E-state index is 12.1. The molecule has 0 unspecified atom stereocenters. The lowest BCUT2D eigenvalue weighted by Crippen LogP contribution is -2.38. The van der Waals surface area contributed by atoms with Gasteiger partial charge in [-0.1, -0.05) is 42.5 Å². The molecule has 0 radical (unpaired) electrons. The van der Waals surface area contributed by atoms with Crippen LogP contribution in [-0.2, 0) is 14.3 Å². The molecule has 34 heavy (non-hydrogen) atoms. The lowest BCUT2D eigenvalue weighted by atomic mass is 10.1. The highest BCUT2D eigenvalue weighted by atomic mass is 16.6. The fourth-order valence-electron chi connectivity index (χ4n) is 3.14. The number of carbonyl (C=O) groups excluding carboxylic acids is 2. The van der Waals surface area contributed by atoms with Crippen LogP contribution in [0.2, 0.25) is 0 Å². The van der Waals surface area contributed by atoms with E-state index >= 15 is 0 Å². The molecule has 2 aromatic carbocycles. The Morgan fingerprint density at radius 3 is 2.44 bits per heavy atom. The highest BCUT2D eigenvalue weighted by Crippen LogP contribution is 2.22. The van der Waals surface area contributed by atoms with Gasteiger partial charge in [-0.05, 0) is 69.9 Å². The minimum absolute atomic E-state index is 0.299. The van der Waals surface area contributed by atoms with Gasteiger partial charge in [0.15, 0.2) is 0 Å². The molecular weight excluding hydrogens is 432 g/mol. The van der Waals surface area contributed by atoms with Gasteiger partial charge < -0.3 is 24.8 Å². The monoisotopic (exact) mass is 468 g/mol. The Labute approximate surface area is 202 Å². The van der Waals surface area contributed by atoms with Crippen molar-refractivity contribution in [2.45, 2.75) is 51.7 Å². The summed E-state index contributed by atoms with van der Waals surface area (Å²) in [6.45, 7) is 6.47. The molecular formula is C27H36N2O5. The van der Waals surface area contributed by atoms with Crippen molar-refractivity contribution in [3.8, 4) is 11.5 Å². The summed E-state index contributed by atoms with van der Waals surface area (Å²) in [5.74, 6) is 1.24. The molecule has 0 spiro atoms. The Bertz CT molecular complexity index is 922. The highest BCUT2D eigenvalue weighted by Gasteiger charge is 2.18. The highest BCUT2D eigenvalue weighted by molar-refractivity contribution is 5.75. The number of rotatable bonds is 12. The Morgan fingerprint density at radius 2 is 1.74 bits per heavy atom. The summed E-state index contributed by atoms with van der Waals surface area (Å²) < 4.78 is 16.0. The molecule has 0 bridgehead atoms. The first-order chi connectivity index (χ1) is 16.3. The van der Waals surface area contributed by atoms with Crippen LogP contribution in [0.25, 0.3) is 6.08 Å². The van der Waals surface area contributed by atoms with Crippen LogP contribution >= 0.6 is 0 Å². The van der Waals surface area contributed by atoms with E-state index in [1.165, 1.54) is 7.11 Å². The van der Waals surface area contributed by atoms with Gasteiger partial charge in [-0.3, -0.25) is 4.79 Å². The summed E-state index contributed by atoms with van der Waals surface area (Å²) in [5, 5.41) is 5.95. The number of methoxy groups -OCH3 is 1. The Morgan fingerprint density at radius 1 is 1.00 bits per heavy atom.